The highest BCUT2D eigenvalue weighted by Crippen LogP contribution is 2.25. The summed E-state index contributed by atoms with van der Waals surface area (Å²) in [6, 6.07) is 22.7. The fraction of sp³-hybridized carbons (Fsp3) is 0. The van der Waals surface area contributed by atoms with Crippen LogP contribution in [0, 0.1) is 0 Å². The summed E-state index contributed by atoms with van der Waals surface area (Å²) in [6.07, 6.45) is 0. The summed E-state index contributed by atoms with van der Waals surface area (Å²) < 4.78 is 2.51. The Bertz CT molecular complexity index is 1350. The van der Waals surface area contributed by atoms with Crippen LogP contribution in [0.3, 0.4) is 0 Å². The van der Waals surface area contributed by atoms with Crippen molar-refractivity contribution < 1.29 is 4.79 Å². The predicted molar refractivity (Wildman–Crippen MR) is 122 cm³/mol. The average Bonchev–Trinajstić information content (AvgIpc) is 3.43. The summed E-state index contributed by atoms with van der Waals surface area (Å²) in [6.45, 7) is 0. The minimum Gasteiger partial charge on any atom is -0.322 e. The van der Waals surface area contributed by atoms with Crippen LogP contribution in [0.15, 0.2) is 82.6 Å². The van der Waals surface area contributed by atoms with Crippen molar-refractivity contribution in [3.8, 4) is 22.0 Å². The normalized spacial score (nSPS) is 11.0. The van der Waals surface area contributed by atoms with Gasteiger partial charge in [-0.2, -0.15) is 9.61 Å². The maximum Gasteiger partial charge on any atom is 0.256 e. The number of halogens is 1. The molecule has 8 heteroatoms. The van der Waals surface area contributed by atoms with E-state index in [1.54, 1.807) is 21.9 Å². The molecule has 0 saturated heterocycles. The molecule has 0 unspecified atom stereocenters. The number of aromatic nitrogens is 4. The maximum absolute atomic E-state index is 12.5. The highest BCUT2D eigenvalue weighted by atomic mass is 79.9. The lowest BCUT2D eigenvalue weighted by molar-refractivity contribution is 0.102. The number of thiophene rings is 1. The van der Waals surface area contributed by atoms with Gasteiger partial charge in [0.05, 0.1) is 16.1 Å². The largest absolute Gasteiger partial charge is 0.322 e. The van der Waals surface area contributed by atoms with Gasteiger partial charge in [0.15, 0.2) is 11.5 Å². The van der Waals surface area contributed by atoms with E-state index in [0.29, 0.717) is 16.9 Å². The second-order valence-electron chi connectivity index (χ2n) is 6.50. The molecule has 0 atom stereocenters. The average molecular weight is 476 g/mol. The van der Waals surface area contributed by atoms with Crippen LogP contribution in [0.1, 0.15) is 10.4 Å². The topological polar surface area (TPSA) is 72.2 Å². The molecule has 3 heterocycles. The van der Waals surface area contributed by atoms with E-state index in [9.17, 15) is 4.79 Å². The Balaban J connectivity index is 1.41. The third-order valence-corrected chi connectivity index (χ3v) is 6.12. The van der Waals surface area contributed by atoms with Crippen LogP contribution in [0.25, 0.3) is 27.6 Å². The van der Waals surface area contributed by atoms with Crippen LogP contribution in [-0.2, 0) is 0 Å². The minimum atomic E-state index is -0.167. The van der Waals surface area contributed by atoms with Crippen molar-refractivity contribution in [3.05, 3.63) is 88.2 Å². The molecule has 3 aromatic heterocycles. The van der Waals surface area contributed by atoms with E-state index in [0.717, 1.165) is 26.4 Å². The van der Waals surface area contributed by atoms with Crippen LogP contribution in [0.4, 0.5) is 5.69 Å². The Labute approximate surface area is 184 Å². The summed E-state index contributed by atoms with van der Waals surface area (Å²) in [5.74, 6) is 0.555. The molecule has 5 rings (SSSR count). The van der Waals surface area contributed by atoms with Gasteiger partial charge < -0.3 is 5.32 Å². The zero-order chi connectivity index (χ0) is 20.5. The number of fused-ring (bicyclic) bond motifs is 1. The number of anilines is 1. The van der Waals surface area contributed by atoms with Crippen molar-refractivity contribution in [1.29, 1.82) is 0 Å². The molecule has 146 valence electrons. The molecule has 2 aromatic carbocycles. The zero-order valence-corrected chi connectivity index (χ0v) is 17.9. The van der Waals surface area contributed by atoms with Gasteiger partial charge in [-0.25, -0.2) is 0 Å². The molecule has 1 amide bonds. The van der Waals surface area contributed by atoms with E-state index in [1.807, 2.05) is 72.1 Å². The molecule has 5 aromatic rings. The number of nitrogens with one attached hydrogen (secondary N) is 1. The molecule has 30 heavy (non-hydrogen) atoms. The number of carbonyl (C=O) groups is 1. The quantitative estimate of drug-likeness (QED) is 0.370. The molecule has 0 radical (unpaired) electrons. The smallest absolute Gasteiger partial charge is 0.256 e. The van der Waals surface area contributed by atoms with Gasteiger partial charge in [-0.05, 0) is 63.8 Å². The van der Waals surface area contributed by atoms with E-state index >= 15 is 0 Å². The van der Waals surface area contributed by atoms with Gasteiger partial charge in [0, 0.05) is 15.7 Å². The van der Waals surface area contributed by atoms with E-state index in [1.165, 1.54) is 0 Å². The molecule has 6 nitrogen and oxygen atoms in total. The number of hydrogen-bond acceptors (Lipinski definition) is 5. The molecule has 0 spiro atoms. The number of benzene rings is 2. The van der Waals surface area contributed by atoms with Gasteiger partial charge in [0.1, 0.15) is 0 Å². The lowest BCUT2D eigenvalue weighted by Gasteiger charge is -2.08. The summed E-state index contributed by atoms with van der Waals surface area (Å²) in [7, 11) is 0. The summed E-state index contributed by atoms with van der Waals surface area (Å²) >= 11 is 5.00. The van der Waals surface area contributed by atoms with Crippen LogP contribution < -0.4 is 5.32 Å². The monoisotopic (exact) mass is 475 g/mol. The third kappa shape index (κ3) is 3.51. The van der Waals surface area contributed by atoms with Crippen molar-refractivity contribution in [1.82, 2.24) is 19.8 Å². The van der Waals surface area contributed by atoms with Gasteiger partial charge in [0.25, 0.3) is 5.91 Å². The molecule has 0 aliphatic heterocycles. The Kier molecular flexibility index (Phi) is 4.86. The molecule has 0 fully saturated rings. The first-order valence-corrected chi connectivity index (χ1v) is 10.8. The first-order valence-electron chi connectivity index (χ1n) is 9.12. The first kappa shape index (κ1) is 18.7. The number of carbonyl (C=O) groups excluding carboxylic acids is 1. The molecule has 0 aliphatic carbocycles. The summed E-state index contributed by atoms with van der Waals surface area (Å²) in [5.41, 5.74) is 3.72. The maximum atomic E-state index is 12.5. The molecule has 0 saturated carbocycles. The Hall–Kier alpha value is -3.36. The lowest BCUT2D eigenvalue weighted by Crippen LogP contribution is -2.12. The van der Waals surface area contributed by atoms with E-state index < -0.39 is 0 Å². The molecule has 1 N–H and O–H groups in total. The Morgan fingerprint density at radius 3 is 2.53 bits per heavy atom. The van der Waals surface area contributed by atoms with E-state index in [4.69, 9.17) is 5.10 Å². The second kappa shape index (κ2) is 7.81. The van der Waals surface area contributed by atoms with E-state index in [2.05, 4.69) is 31.4 Å². The first-order chi connectivity index (χ1) is 14.7. The highest BCUT2D eigenvalue weighted by molar-refractivity contribution is 9.10. The van der Waals surface area contributed by atoms with Gasteiger partial charge in [0.2, 0.25) is 0 Å². The number of amides is 1. The number of hydrogen-bond donors (Lipinski definition) is 1. The zero-order valence-electron chi connectivity index (χ0n) is 15.5. The molecular weight excluding hydrogens is 462 g/mol. The Morgan fingerprint density at radius 2 is 1.77 bits per heavy atom. The Morgan fingerprint density at radius 1 is 0.933 bits per heavy atom. The lowest BCUT2D eigenvalue weighted by atomic mass is 10.1. The number of rotatable bonds is 4. The van der Waals surface area contributed by atoms with Gasteiger partial charge in [-0.1, -0.05) is 30.3 Å². The van der Waals surface area contributed by atoms with Gasteiger partial charge in [-0.15, -0.1) is 21.5 Å². The van der Waals surface area contributed by atoms with Crippen molar-refractivity contribution in [2.75, 3.05) is 5.32 Å². The third-order valence-electron chi connectivity index (χ3n) is 4.56. The molecule has 0 aliphatic rings. The minimum absolute atomic E-state index is 0.167. The van der Waals surface area contributed by atoms with Crippen LogP contribution >= 0.6 is 27.3 Å². The fourth-order valence-electron chi connectivity index (χ4n) is 3.07. The fourth-order valence-corrected chi connectivity index (χ4v) is 4.23. The van der Waals surface area contributed by atoms with Gasteiger partial charge in [-0.3, -0.25) is 4.79 Å². The van der Waals surface area contributed by atoms with Crippen LogP contribution in [-0.4, -0.2) is 25.7 Å². The van der Waals surface area contributed by atoms with Gasteiger partial charge >= 0.3 is 0 Å². The van der Waals surface area contributed by atoms with Crippen molar-refractivity contribution in [2.24, 2.45) is 0 Å². The van der Waals surface area contributed by atoms with E-state index in [-0.39, 0.29) is 5.91 Å². The van der Waals surface area contributed by atoms with Crippen LogP contribution in [0.2, 0.25) is 0 Å². The standard InChI is InChI=1S/C22H14BrN5OS/c23-17-5-2-1-4-16(17)22(29)24-15-9-7-14(8-10-15)18-11-12-20-25-26-21(28(20)27-18)19-6-3-13-30-19/h1-13H,(H,24,29). The predicted octanol–water partition coefficient (Wildman–Crippen LogP) is 5.53. The highest BCUT2D eigenvalue weighted by Gasteiger charge is 2.12. The SMILES string of the molecule is O=C(Nc1ccc(-c2ccc3nnc(-c4cccs4)n3n2)cc1)c1ccccc1Br. The van der Waals surface area contributed by atoms with Crippen molar-refractivity contribution in [2.45, 2.75) is 0 Å². The summed E-state index contributed by atoms with van der Waals surface area (Å²) in [5, 5.41) is 18.1. The van der Waals surface area contributed by atoms with Crippen LogP contribution in [0.5, 0.6) is 0 Å². The summed E-state index contributed by atoms with van der Waals surface area (Å²) in [4.78, 5) is 13.5. The number of nitrogens with zero attached hydrogens (tertiary/aromatic N) is 4. The van der Waals surface area contributed by atoms with Crippen molar-refractivity contribution in [3.63, 3.8) is 0 Å². The second-order valence-corrected chi connectivity index (χ2v) is 8.30. The molecule has 0 bridgehead atoms. The molecular formula is C22H14BrN5OS. The van der Waals surface area contributed by atoms with Crippen molar-refractivity contribution >= 4 is 44.5 Å².